The topological polar surface area (TPSA) is 79.2 Å². The zero-order valence-corrected chi connectivity index (χ0v) is 31.3. The average Bonchev–Trinajstić information content (AvgIpc) is 3.09. The Balaban J connectivity index is 3.42. The highest BCUT2D eigenvalue weighted by Gasteiger charge is 2.48. The van der Waals surface area contributed by atoms with E-state index in [4.69, 9.17) is 14.0 Å². The summed E-state index contributed by atoms with van der Waals surface area (Å²) in [7, 11) is -4.11. The van der Waals surface area contributed by atoms with Gasteiger partial charge in [0, 0.05) is 12.5 Å². The van der Waals surface area contributed by atoms with Gasteiger partial charge in [0.1, 0.15) is 0 Å². The maximum atomic E-state index is 11.4. The van der Waals surface area contributed by atoms with Crippen LogP contribution in [-0.2, 0) is 8.85 Å². The van der Waals surface area contributed by atoms with Crippen LogP contribution in [0.3, 0.4) is 0 Å². The number of unbranched alkanes of at least 4 members (excludes halogenated alkanes) is 3. The van der Waals surface area contributed by atoms with Crippen LogP contribution in [0.15, 0.2) is 12.2 Å². The molecule has 1 unspecified atom stereocenters. The third kappa shape index (κ3) is 11.8. The first-order valence-corrected chi connectivity index (χ1v) is 22.4. The molecular formula is C34H70O5Si2. The first-order chi connectivity index (χ1) is 18.6. The lowest BCUT2D eigenvalue weighted by atomic mass is 9.80. The van der Waals surface area contributed by atoms with Crippen LogP contribution in [0.2, 0.25) is 36.3 Å². The molecule has 1 saturated carbocycles. The molecule has 0 aromatic heterocycles. The predicted octanol–water partition coefficient (Wildman–Crippen LogP) is 8.84. The standard InChI is InChI=1S/C34H70O5Si2/c1-14-15-22-34(8,9)31(39-41(12,13)33(5,6)7)21-20-27-28(24-26(36)19-17-16-18-23-35)29(37)25-30(27)38-40(10,11)32(2,3)4/h20-21,26-31,35-37H,14-19,22-25H2,1-13H3/b21-20+/t26?,27-,28-,29+,30-,31-/m1/s1. The van der Waals surface area contributed by atoms with Crippen LogP contribution in [-0.4, -0.2) is 63.0 Å². The Bertz CT molecular complexity index is 781. The van der Waals surface area contributed by atoms with Gasteiger partial charge in [-0.05, 0) is 79.7 Å². The maximum absolute atomic E-state index is 11.4. The fraction of sp³-hybridized carbons (Fsp3) is 0.941. The Kier molecular flexibility index (Phi) is 15.0. The fourth-order valence-corrected chi connectivity index (χ4v) is 8.17. The summed E-state index contributed by atoms with van der Waals surface area (Å²) >= 11 is 0. The Morgan fingerprint density at radius 1 is 0.878 bits per heavy atom. The number of aliphatic hydroxyl groups excluding tert-OH is 3. The molecule has 0 amide bonds. The molecular weight excluding hydrogens is 545 g/mol. The molecule has 0 saturated heterocycles. The van der Waals surface area contributed by atoms with Gasteiger partial charge in [0.2, 0.25) is 0 Å². The van der Waals surface area contributed by atoms with Gasteiger partial charge >= 0.3 is 0 Å². The minimum Gasteiger partial charge on any atom is -0.413 e. The molecule has 1 aliphatic rings. The van der Waals surface area contributed by atoms with E-state index in [-0.39, 0.29) is 46.1 Å². The summed E-state index contributed by atoms with van der Waals surface area (Å²) in [4.78, 5) is 0. The Morgan fingerprint density at radius 3 is 1.98 bits per heavy atom. The van der Waals surface area contributed by atoms with Crippen molar-refractivity contribution in [2.24, 2.45) is 17.3 Å². The van der Waals surface area contributed by atoms with E-state index in [2.05, 4.69) is 101 Å². The zero-order chi connectivity index (χ0) is 31.9. The highest BCUT2D eigenvalue weighted by Crippen LogP contribution is 2.46. The summed E-state index contributed by atoms with van der Waals surface area (Å²) < 4.78 is 14.1. The van der Waals surface area contributed by atoms with E-state index in [1.807, 2.05) is 0 Å². The van der Waals surface area contributed by atoms with Crippen molar-refractivity contribution in [3.05, 3.63) is 12.2 Å². The number of aliphatic hydroxyl groups is 3. The summed E-state index contributed by atoms with van der Waals surface area (Å²) in [6, 6.07) is 0. The Morgan fingerprint density at radius 2 is 1.46 bits per heavy atom. The Labute approximate surface area is 257 Å². The van der Waals surface area contributed by atoms with E-state index in [1.165, 1.54) is 6.42 Å². The lowest BCUT2D eigenvalue weighted by molar-refractivity contribution is 0.0638. The van der Waals surface area contributed by atoms with Crippen LogP contribution in [0.5, 0.6) is 0 Å². The van der Waals surface area contributed by atoms with Crippen LogP contribution < -0.4 is 0 Å². The largest absolute Gasteiger partial charge is 0.413 e. The molecule has 1 rings (SSSR count). The van der Waals surface area contributed by atoms with Crippen LogP contribution >= 0.6 is 0 Å². The molecule has 0 spiro atoms. The monoisotopic (exact) mass is 614 g/mol. The van der Waals surface area contributed by atoms with Gasteiger partial charge in [-0.1, -0.05) is 100 Å². The lowest BCUT2D eigenvalue weighted by Crippen LogP contribution is -2.47. The number of rotatable bonds is 17. The van der Waals surface area contributed by atoms with Crippen molar-refractivity contribution < 1.29 is 24.2 Å². The van der Waals surface area contributed by atoms with Crippen molar-refractivity contribution >= 4 is 16.6 Å². The fourth-order valence-electron chi connectivity index (χ4n) is 5.42. The molecule has 6 atom stereocenters. The van der Waals surface area contributed by atoms with Gasteiger partial charge in [0.25, 0.3) is 0 Å². The second-order valence-corrected chi connectivity index (χ2v) is 26.2. The van der Waals surface area contributed by atoms with Crippen LogP contribution in [0.1, 0.15) is 120 Å². The molecule has 0 aliphatic heterocycles. The second kappa shape index (κ2) is 15.8. The SMILES string of the molecule is CCCCC(C)(C)[C@@H](/C=C/[C@@H]1[C@@H](CC(O)CCCCCO)[C@@H](O)C[C@H]1O[Si](C)(C)C(C)(C)C)O[Si](C)(C)C(C)(C)C. The molecule has 41 heavy (non-hydrogen) atoms. The molecule has 3 N–H and O–H groups in total. The maximum Gasteiger partial charge on any atom is 0.192 e. The van der Waals surface area contributed by atoms with E-state index in [9.17, 15) is 10.2 Å². The molecule has 0 aromatic carbocycles. The van der Waals surface area contributed by atoms with Crippen LogP contribution in [0.25, 0.3) is 0 Å². The van der Waals surface area contributed by atoms with E-state index < -0.39 is 28.8 Å². The van der Waals surface area contributed by atoms with Gasteiger partial charge in [0.15, 0.2) is 16.6 Å². The van der Waals surface area contributed by atoms with Crippen molar-refractivity contribution in [1.29, 1.82) is 0 Å². The van der Waals surface area contributed by atoms with Gasteiger partial charge in [0.05, 0.1) is 24.4 Å². The van der Waals surface area contributed by atoms with Crippen molar-refractivity contribution in [2.45, 2.75) is 181 Å². The second-order valence-electron chi connectivity index (χ2n) is 16.7. The highest BCUT2D eigenvalue weighted by molar-refractivity contribution is 6.74. The first-order valence-electron chi connectivity index (χ1n) is 16.6. The van der Waals surface area contributed by atoms with Crippen molar-refractivity contribution in [3.63, 3.8) is 0 Å². The van der Waals surface area contributed by atoms with Gasteiger partial charge in [-0.15, -0.1) is 0 Å². The minimum atomic E-state index is -2.07. The van der Waals surface area contributed by atoms with E-state index in [0.29, 0.717) is 19.3 Å². The molecule has 7 heteroatoms. The van der Waals surface area contributed by atoms with Gasteiger partial charge in [-0.25, -0.2) is 0 Å². The molecule has 244 valence electrons. The summed E-state index contributed by atoms with van der Waals surface area (Å²) in [6.45, 7) is 30.1. The third-order valence-electron chi connectivity index (χ3n) is 10.6. The molecule has 0 aromatic rings. The molecule has 0 heterocycles. The van der Waals surface area contributed by atoms with Crippen molar-refractivity contribution in [2.75, 3.05) is 6.61 Å². The molecule has 1 aliphatic carbocycles. The summed E-state index contributed by atoms with van der Waals surface area (Å²) in [5.74, 6) is -0.0279. The predicted molar refractivity (Wildman–Crippen MR) is 180 cm³/mol. The van der Waals surface area contributed by atoms with Gasteiger partial charge in [-0.3, -0.25) is 0 Å². The summed E-state index contributed by atoms with van der Waals surface area (Å²) in [5.41, 5.74) is -0.0171. The number of hydrogen-bond acceptors (Lipinski definition) is 5. The number of hydrogen-bond donors (Lipinski definition) is 3. The third-order valence-corrected chi connectivity index (χ3v) is 19.5. The minimum absolute atomic E-state index is 0.0171. The Hall–Kier alpha value is -0.0262. The van der Waals surface area contributed by atoms with E-state index in [1.54, 1.807) is 0 Å². The van der Waals surface area contributed by atoms with Crippen LogP contribution in [0.4, 0.5) is 0 Å². The quantitative estimate of drug-likeness (QED) is 0.0866. The molecule has 5 nitrogen and oxygen atoms in total. The average molecular weight is 615 g/mol. The lowest BCUT2D eigenvalue weighted by Gasteiger charge is -2.44. The van der Waals surface area contributed by atoms with Crippen LogP contribution in [0, 0.1) is 17.3 Å². The molecule has 0 bridgehead atoms. The van der Waals surface area contributed by atoms with Crippen molar-refractivity contribution in [3.8, 4) is 0 Å². The summed E-state index contributed by atoms with van der Waals surface area (Å²) in [5, 5.41) is 31.6. The smallest absolute Gasteiger partial charge is 0.192 e. The van der Waals surface area contributed by atoms with E-state index in [0.717, 1.165) is 32.1 Å². The molecule has 0 radical (unpaired) electrons. The van der Waals surface area contributed by atoms with E-state index >= 15 is 0 Å². The zero-order valence-electron chi connectivity index (χ0n) is 29.3. The normalized spacial score (nSPS) is 24.8. The molecule has 1 fully saturated rings. The summed E-state index contributed by atoms with van der Waals surface area (Å²) in [6.07, 6.45) is 11.5. The first kappa shape index (κ1) is 39.0. The van der Waals surface area contributed by atoms with Crippen molar-refractivity contribution in [1.82, 2.24) is 0 Å². The van der Waals surface area contributed by atoms with Gasteiger partial charge in [-0.2, -0.15) is 0 Å². The highest BCUT2D eigenvalue weighted by atomic mass is 28.4. The van der Waals surface area contributed by atoms with Gasteiger partial charge < -0.3 is 24.2 Å².